The lowest BCUT2D eigenvalue weighted by Gasteiger charge is -2.37. The maximum Gasteiger partial charge on any atom is 0.346 e. The summed E-state index contributed by atoms with van der Waals surface area (Å²) in [4.78, 5) is 12.3. The third-order valence-electron chi connectivity index (χ3n) is 8.49. The van der Waals surface area contributed by atoms with Gasteiger partial charge >= 0.3 is 5.63 Å². The van der Waals surface area contributed by atoms with Gasteiger partial charge in [-0.2, -0.15) is 0 Å². The zero-order chi connectivity index (χ0) is 29.6. The number of benzene rings is 3. The normalized spacial score (nSPS) is 18.0. The molecule has 1 saturated carbocycles. The smallest absolute Gasteiger partial charge is 0.346 e. The van der Waals surface area contributed by atoms with Crippen molar-refractivity contribution in [2.24, 2.45) is 11.8 Å². The summed E-state index contributed by atoms with van der Waals surface area (Å²) < 4.78 is 24.0. The van der Waals surface area contributed by atoms with Gasteiger partial charge in [0.15, 0.2) is 11.5 Å². The van der Waals surface area contributed by atoms with Crippen LogP contribution in [0.15, 0.2) is 99.7 Å². The SMILES string of the molecule is Cc1cc2c(c(=O)o1)C=C1CC[C@H](C(C)CNCc3ccc(OCc4ccccc4)c(OCc4ccccc4)c3)C[C@@H]1O2. The maximum absolute atomic E-state index is 12.3. The molecule has 6 heteroatoms. The van der Waals surface area contributed by atoms with Crippen molar-refractivity contribution in [3.8, 4) is 17.2 Å². The standard InChI is InChI=1S/C37H39NO5/c1-25(30-14-15-31-19-32-35(43-34(31)20-30)17-26(2)42-37(32)39)21-38-22-29-13-16-33(40-23-27-9-5-3-6-10-27)36(18-29)41-24-28-11-7-4-8-12-28/h3-13,16-19,25,30,34,38H,14-15,20-24H2,1-2H3/t25?,30-,34-/m0/s1. The molecule has 1 unspecified atom stereocenters. The van der Waals surface area contributed by atoms with Crippen LogP contribution in [0.1, 0.15) is 54.2 Å². The summed E-state index contributed by atoms with van der Waals surface area (Å²) in [5.41, 5.74) is 4.82. The van der Waals surface area contributed by atoms with Crippen LogP contribution < -0.4 is 25.2 Å². The third kappa shape index (κ3) is 7.20. The van der Waals surface area contributed by atoms with E-state index in [9.17, 15) is 4.79 Å². The fraction of sp³-hybridized carbons (Fsp3) is 0.324. The molecule has 6 nitrogen and oxygen atoms in total. The average molecular weight is 578 g/mol. The van der Waals surface area contributed by atoms with Gasteiger partial charge in [-0.15, -0.1) is 0 Å². The highest BCUT2D eigenvalue weighted by atomic mass is 16.5. The summed E-state index contributed by atoms with van der Waals surface area (Å²) >= 11 is 0. The van der Waals surface area contributed by atoms with Crippen LogP contribution in [-0.4, -0.2) is 12.6 Å². The molecule has 0 saturated heterocycles. The lowest BCUT2D eigenvalue weighted by atomic mass is 9.76. The molecule has 1 N–H and O–H groups in total. The molecule has 0 bridgehead atoms. The molecule has 2 aliphatic rings. The number of ether oxygens (including phenoxy) is 3. The highest BCUT2D eigenvalue weighted by molar-refractivity contribution is 5.62. The van der Waals surface area contributed by atoms with Crippen molar-refractivity contribution >= 4 is 6.08 Å². The van der Waals surface area contributed by atoms with Crippen molar-refractivity contribution in [1.82, 2.24) is 5.32 Å². The minimum Gasteiger partial charge on any atom is -0.485 e. The van der Waals surface area contributed by atoms with Crippen LogP contribution in [-0.2, 0) is 19.8 Å². The molecule has 1 aliphatic carbocycles. The van der Waals surface area contributed by atoms with Gasteiger partial charge in [0, 0.05) is 12.6 Å². The van der Waals surface area contributed by atoms with Crippen molar-refractivity contribution in [3.63, 3.8) is 0 Å². The molecular formula is C37H39NO5. The lowest BCUT2D eigenvalue weighted by Crippen LogP contribution is -2.36. The molecule has 0 spiro atoms. The molecule has 1 aromatic heterocycles. The summed E-state index contributed by atoms with van der Waals surface area (Å²) in [7, 11) is 0. The molecule has 3 aromatic carbocycles. The molecule has 3 atom stereocenters. The summed E-state index contributed by atoms with van der Waals surface area (Å²) in [6.07, 6.45) is 5.02. The first-order chi connectivity index (χ1) is 21.0. The van der Waals surface area contributed by atoms with Gasteiger partial charge < -0.3 is 23.9 Å². The Balaban J connectivity index is 1.06. The topological polar surface area (TPSA) is 69.9 Å². The largest absolute Gasteiger partial charge is 0.485 e. The van der Waals surface area contributed by atoms with Crippen molar-refractivity contribution in [2.75, 3.05) is 6.54 Å². The van der Waals surface area contributed by atoms with Crippen LogP contribution in [0.4, 0.5) is 0 Å². The Bertz CT molecular complexity index is 1610. The van der Waals surface area contributed by atoms with E-state index >= 15 is 0 Å². The highest BCUT2D eigenvalue weighted by Crippen LogP contribution is 2.40. The number of nitrogens with one attached hydrogen (secondary N) is 1. The van der Waals surface area contributed by atoms with Crippen molar-refractivity contribution in [3.05, 3.63) is 129 Å². The van der Waals surface area contributed by atoms with Crippen molar-refractivity contribution < 1.29 is 18.6 Å². The van der Waals surface area contributed by atoms with E-state index in [0.717, 1.165) is 60.5 Å². The van der Waals surface area contributed by atoms with Crippen LogP contribution in [0, 0.1) is 18.8 Å². The van der Waals surface area contributed by atoms with Gasteiger partial charge in [0.05, 0.1) is 0 Å². The monoisotopic (exact) mass is 577 g/mol. The Morgan fingerprint density at radius 3 is 2.30 bits per heavy atom. The summed E-state index contributed by atoms with van der Waals surface area (Å²) in [5.74, 6) is 3.74. The molecule has 1 aliphatic heterocycles. The van der Waals surface area contributed by atoms with Crippen LogP contribution >= 0.6 is 0 Å². The minimum atomic E-state index is -0.315. The molecule has 0 radical (unpaired) electrons. The highest BCUT2D eigenvalue weighted by Gasteiger charge is 2.33. The first-order valence-electron chi connectivity index (χ1n) is 15.2. The first kappa shape index (κ1) is 28.8. The number of hydrogen-bond acceptors (Lipinski definition) is 6. The van der Waals surface area contributed by atoms with Crippen LogP contribution in [0.2, 0.25) is 0 Å². The molecule has 4 aromatic rings. The molecule has 0 amide bonds. The molecule has 6 rings (SSSR count). The number of aryl methyl sites for hydroxylation is 1. The number of hydrogen-bond donors (Lipinski definition) is 1. The summed E-state index contributed by atoms with van der Waals surface area (Å²) in [6, 6.07) is 28.4. The molecule has 2 heterocycles. The van der Waals surface area contributed by atoms with Gasteiger partial charge in [-0.25, -0.2) is 4.79 Å². The maximum atomic E-state index is 12.3. The van der Waals surface area contributed by atoms with Crippen LogP contribution in [0.25, 0.3) is 6.08 Å². The number of rotatable bonds is 11. The van der Waals surface area contributed by atoms with Gasteiger partial charge in [0.2, 0.25) is 0 Å². The van der Waals surface area contributed by atoms with Gasteiger partial charge in [-0.1, -0.05) is 73.7 Å². The molecule has 1 fully saturated rings. The van der Waals surface area contributed by atoms with Gasteiger partial charge in [-0.05, 0) is 85.0 Å². The Labute approximate surface area is 253 Å². The predicted molar refractivity (Wildman–Crippen MR) is 168 cm³/mol. The molecule has 222 valence electrons. The first-order valence-corrected chi connectivity index (χ1v) is 15.2. The fourth-order valence-electron chi connectivity index (χ4n) is 6.00. The second kappa shape index (κ2) is 13.3. The summed E-state index contributed by atoms with van der Waals surface area (Å²) in [5, 5.41) is 3.67. The molecule has 43 heavy (non-hydrogen) atoms. The second-order valence-corrected chi connectivity index (χ2v) is 11.7. The van der Waals surface area contributed by atoms with E-state index in [-0.39, 0.29) is 11.7 Å². The van der Waals surface area contributed by atoms with Crippen molar-refractivity contribution in [1.29, 1.82) is 0 Å². The fourth-order valence-corrected chi connectivity index (χ4v) is 6.00. The quantitative estimate of drug-likeness (QED) is 0.199. The lowest BCUT2D eigenvalue weighted by molar-refractivity contribution is 0.140. The van der Waals surface area contributed by atoms with E-state index in [1.54, 1.807) is 6.92 Å². The van der Waals surface area contributed by atoms with Crippen LogP contribution in [0.5, 0.6) is 17.2 Å². The van der Waals surface area contributed by atoms with Gasteiger partial charge in [0.1, 0.15) is 36.4 Å². The molecular weight excluding hydrogens is 538 g/mol. The second-order valence-electron chi connectivity index (χ2n) is 11.7. The van der Waals surface area contributed by atoms with E-state index in [4.69, 9.17) is 18.6 Å². The summed E-state index contributed by atoms with van der Waals surface area (Å²) in [6.45, 7) is 6.71. The minimum absolute atomic E-state index is 0.0302. The zero-order valence-corrected chi connectivity index (χ0v) is 24.9. The van der Waals surface area contributed by atoms with E-state index in [0.29, 0.717) is 42.1 Å². The average Bonchev–Trinajstić information content (AvgIpc) is 3.03. The van der Waals surface area contributed by atoms with Crippen LogP contribution in [0.3, 0.4) is 0 Å². The van der Waals surface area contributed by atoms with E-state index in [2.05, 4.69) is 48.6 Å². The Kier molecular flexibility index (Phi) is 8.94. The number of fused-ring (bicyclic) bond motifs is 2. The Hall–Kier alpha value is -4.29. The van der Waals surface area contributed by atoms with E-state index in [1.165, 1.54) is 5.57 Å². The Morgan fingerprint density at radius 1 is 0.884 bits per heavy atom. The van der Waals surface area contributed by atoms with E-state index < -0.39 is 0 Å². The Morgan fingerprint density at radius 2 is 1.58 bits per heavy atom. The van der Waals surface area contributed by atoms with Gasteiger partial charge in [-0.3, -0.25) is 0 Å². The zero-order valence-electron chi connectivity index (χ0n) is 24.9. The third-order valence-corrected chi connectivity index (χ3v) is 8.49. The van der Waals surface area contributed by atoms with Gasteiger partial charge in [0.25, 0.3) is 0 Å². The predicted octanol–water partition coefficient (Wildman–Crippen LogP) is 7.48. The van der Waals surface area contributed by atoms with E-state index in [1.807, 2.05) is 54.6 Å². The van der Waals surface area contributed by atoms with Crippen molar-refractivity contribution in [2.45, 2.75) is 59.0 Å².